The third kappa shape index (κ3) is 3.97. The highest BCUT2D eigenvalue weighted by atomic mass is 35.7. The van der Waals surface area contributed by atoms with Crippen LogP contribution in [0.15, 0.2) is 17.0 Å². The van der Waals surface area contributed by atoms with E-state index in [4.69, 9.17) is 38.6 Å². The van der Waals surface area contributed by atoms with Gasteiger partial charge in [0.2, 0.25) is 0 Å². The van der Waals surface area contributed by atoms with E-state index in [1.807, 2.05) is 0 Å². The fourth-order valence-corrected chi connectivity index (χ4v) is 2.79. The minimum absolute atomic E-state index is 0.0520. The first-order chi connectivity index (χ1) is 7.86. The van der Waals surface area contributed by atoms with Crippen molar-refractivity contribution in [2.75, 3.05) is 6.61 Å². The summed E-state index contributed by atoms with van der Waals surface area (Å²) in [5.74, 6) is 5.56. The number of hydrogen-bond acceptors (Lipinski definition) is 3. The lowest BCUT2D eigenvalue weighted by atomic mass is 10.3. The average molecular weight is 314 g/mol. The zero-order valence-corrected chi connectivity index (χ0v) is 11.7. The molecule has 7 heteroatoms. The van der Waals surface area contributed by atoms with Crippen LogP contribution >= 0.6 is 33.9 Å². The van der Waals surface area contributed by atoms with Crippen molar-refractivity contribution in [3.63, 3.8) is 0 Å². The molecule has 0 radical (unpaired) electrons. The second kappa shape index (κ2) is 5.83. The van der Waals surface area contributed by atoms with Gasteiger partial charge in [0, 0.05) is 16.7 Å². The first-order valence-corrected chi connectivity index (χ1v) is 7.39. The van der Waals surface area contributed by atoms with Crippen molar-refractivity contribution < 1.29 is 13.2 Å². The Morgan fingerprint density at radius 1 is 1.29 bits per heavy atom. The molecule has 0 aliphatic carbocycles. The Labute approximate surface area is 114 Å². The fraction of sp³-hybridized carbons (Fsp3) is 0.200. The minimum atomic E-state index is -3.93. The summed E-state index contributed by atoms with van der Waals surface area (Å²) in [6, 6.07) is 2.43. The molecule has 0 heterocycles. The predicted octanol–water partition coefficient (Wildman–Crippen LogP) is 3.32. The zero-order valence-electron chi connectivity index (χ0n) is 8.63. The lowest BCUT2D eigenvalue weighted by Crippen LogP contribution is -1.97. The predicted molar refractivity (Wildman–Crippen MR) is 68.4 cm³/mol. The molecule has 0 saturated heterocycles. The molecule has 0 aliphatic rings. The van der Waals surface area contributed by atoms with Crippen molar-refractivity contribution in [2.24, 2.45) is 0 Å². The third-order valence-electron chi connectivity index (χ3n) is 1.73. The van der Waals surface area contributed by atoms with Crippen molar-refractivity contribution in [2.45, 2.75) is 11.8 Å². The van der Waals surface area contributed by atoms with Crippen LogP contribution in [-0.2, 0) is 9.05 Å². The molecule has 0 spiro atoms. The Morgan fingerprint density at radius 2 is 1.94 bits per heavy atom. The Kier molecular flexibility index (Phi) is 4.96. The minimum Gasteiger partial charge on any atom is -0.479 e. The van der Waals surface area contributed by atoms with Crippen molar-refractivity contribution in [3.8, 4) is 17.6 Å². The fourth-order valence-electron chi connectivity index (χ4n) is 0.994. The van der Waals surface area contributed by atoms with Crippen molar-refractivity contribution in [1.29, 1.82) is 0 Å². The summed E-state index contributed by atoms with van der Waals surface area (Å²) in [5.41, 5.74) is 0. The second-order valence-corrected chi connectivity index (χ2v) is 6.22. The summed E-state index contributed by atoms with van der Waals surface area (Å²) in [4.78, 5) is -0.250. The molecule has 0 saturated carbocycles. The van der Waals surface area contributed by atoms with Crippen LogP contribution in [0, 0.1) is 11.8 Å². The summed E-state index contributed by atoms with van der Waals surface area (Å²) in [6.45, 7) is 1.81. The van der Waals surface area contributed by atoms with E-state index in [1.54, 1.807) is 6.92 Å². The van der Waals surface area contributed by atoms with Crippen LogP contribution in [0.1, 0.15) is 6.92 Å². The van der Waals surface area contributed by atoms with Crippen LogP contribution < -0.4 is 4.74 Å². The lowest BCUT2D eigenvalue weighted by molar-refractivity contribution is 0.370. The van der Waals surface area contributed by atoms with Gasteiger partial charge in [-0.05, 0) is 13.0 Å². The highest BCUT2D eigenvalue weighted by Gasteiger charge is 2.18. The monoisotopic (exact) mass is 312 g/mol. The van der Waals surface area contributed by atoms with E-state index in [9.17, 15) is 8.42 Å². The van der Waals surface area contributed by atoms with Crippen molar-refractivity contribution in [3.05, 3.63) is 22.2 Å². The van der Waals surface area contributed by atoms with Gasteiger partial charge < -0.3 is 4.74 Å². The standard InChI is InChI=1S/C10H7Cl3O3S/c1-2-3-4-16-9-5-8(12)10(6-7(9)11)17(13,14)15/h5-6H,4H2,1H3. The topological polar surface area (TPSA) is 43.4 Å². The quantitative estimate of drug-likeness (QED) is 0.635. The molecule has 0 unspecified atom stereocenters. The molecule has 1 aromatic carbocycles. The van der Waals surface area contributed by atoms with E-state index >= 15 is 0 Å². The molecule has 3 nitrogen and oxygen atoms in total. The van der Waals surface area contributed by atoms with Gasteiger partial charge in [-0.25, -0.2) is 8.42 Å². The van der Waals surface area contributed by atoms with E-state index in [2.05, 4.69) is 11.8 Å². The maximum absolute atomic E-state index is 11.1. The van der Waals surface area contributed by atoms with Crippen LogP contribution in [0.25, 0.3) is 0 Å². The van der Waals surface area contributed by atoms with Crippen LogP contribution in [0.4, 0.5) is 0 Å². The molecule has 0 aliphatic heterocycles. The first-order valence-electron chi connectivity index (χ1n) is 4.32. The third-order valence-corrected chi connectivity index (χ3v) is 3.81. The van der Waals surface area contributed by atoms with Crippen LogP contribution in [-0.4, -0.2) is 15.0 Å². The Bertz CT molecular complexity index is 585. The molecule has 1 aromatic rings. The Morgan fingerprint density at radius 3 is 2.47 bits per heavy atom. The summed E-state index contributed by atoms with van der Waals surface area (Å²) < 4.78 is 27.5. The molecule has 0 aromatic heterocycles. The summed E-state index contributed by atoms with van der Waals surface area (Å²) in [7, 11) is 1.26. The van der Waals surface area contributed by atoms with E-state index in [-0.39, 0.29) is 27.3 Å². The molecule has 1 rings (SSSR count). The average Bonchev–Trinajstić information content (AvgIpc) is 2.21. The van der Waals surface area contributed by atoms with Crippen LogP contribution in [0.5, 0.6) is 5.75 Å². The molecule has 17 heavy (non-hydrogen) atoms. The lowest BCUT2D eigenvalue weighted by Gasteiger charge is -2.07. The SMILES string of the molecule is CC#CCOc1cc(Cl)c(S(=O)(=O)Cl)cc1Cl. The van der Waals surface area contributed by atoms with Gasteiger partial charge >= 0.3 is 0 Å². The second-order valence-electron chi connectivity index (χ2n) is 2.87. The van der Waals surface area contributed by atoms with Gasteiger partial charge in [0.25, 0.3) is 9.05 Å². The van der Waals surface area contributed by atoms with Crippen LogP contribution in [0.2, 0.25) is 10.0 Å². The molecular weight excluding hydrogens is 307 g/mol. The van der Waals surface area contributed by atoms with E-state index in [0.717, 1.165) is 6.07 Å². The number of ether oxygens (including phenoxy) is 1. The van der Waals surface area contributed by atoms with Gasteiger partial charge in [-0.15, -0.1) is 5.92 Å². The summed E-state index contributed by atoms with van der Waals surface area (Å²) >= 11 is 11.6. The van der Waals surface area contributed by atoms with Crippen LogP contribution in [0.3, 0.4) is 0 Å². The normalized spacial score (nSPS) is 10.6. The van der Waals surface area contributed by atoms with Crippen molar-refractivity contribution >= 4 is 42.9 Å². The number of halogens is 3. The Hall–Kier alpha value is -0.600. The highest BCUT2D eigenvalue weighted by molar-refractivity contribution is 8.13. The largest absolute Gasteiger partial charge is 0.479 e. The van der Waals surface area contributed by atoms with Gasteiger partial charge in [-0.3, -0.25) is 0 Å². The molecular formula is C10H7Cl3O3S. The van der Waals surface area contributed by atoms with E-state index < -0.39 is 9.05 Å². The molecule has 0 atom stereocenters. The van der Waals surface area contributed by atoms with Gasteiger partial charge in [-0.1, -0.05) is 29.1 Å². The Balaban J connectivity index is 3.13. The van der Waals surface area contributed by atoms with Gasteiger partial charge in [-0.2, -0.15) is 0 Å². The van der Waals surface area contributed by atoms with Gasteiger partial charge in [0.1, 0.15) is 17.3 Å². The number of hydrogen-bond donors (Lipinski definition) is 0. The molecule has 0 fully saturated rings. The molecule has 92 valence electrons. The first kappa shape index (κ1) is 14.5. The van der Waals surface area contributed by atoms with Crippen molar-refractivity contribution in [1.82, 2.24) is 0 Å². The molecule has 0 amide bonds. The maximum atomic E-state index is 11.1. The number of benzene rings is 1. The van der Waals surface area contributed by atoms with Gasteiger partial charge in [0.15, 0.2) is 0 Å². The van der Waals surface area contributed by atoms with E-state index in [1.165, 1.54) is 6.07 Å². The zero-order chi connectivity index (χ0) is 13.1. The molecule has 0 N–H and O–H groups in total. The molecule has 0 bridgehead atoms. The van der Waals surface area contributed by atoms with Gasteiger partial charge in [0.05, 0.1) is 10.0 Å². The highest BCUT2D eigenvalue weighted by Crippen LogP contribution is 2.34. The van der Waals surface area contributed by atoms with E-state index in [0.29, 0.717) is 0 Å². The summed E-state index contributed by atoms with van der Waals surface area (Å²) in [6.07, 6.45) is 0. The summed E-state index contributed by atoms with van der Waals surface area (Å²) in [5, 5.41) is 0.0513. The smallest absolute Gasteiger partial charge is 0.262 e. The number of rotatable bonds is 3. The maximum Gasteiger partial charge on any atom is 0.262 e.